The summed E-state index contributed by atoms with van der Waals surface area (Å²) in [7, 11) is 0. The molecule has 2 N–H and O–H groups in total. The number of imide groups is 1. The van der Waals surface area contributed by atoms with E-state index >= 15 is 0 Å². The molecule has 9 heteroatoms. The lowest BCUT2D eigenvalue weighted by Gasteiger charge is -2.41. The average Bonchev–Trinajstić information content (AvgIpc) is 3.40. The van der Waals surface area contributed by atoms with Gasteiger partial charge in [-0.3, -0.25) is 19.3 Å². The van der Waals surface area contributed by atoms with E-state index in [1.165, 1.54) is 11.8 Å². The van der Waals surface area contributed by atoms with E-state index in [0.29, 0.717) is 16.9 Å². The van der Waals surface area contributed by atoms with Crippen molar-refractivity contribution in [2.45, 2.75) is 50.4 Å². The number of hydrogen-bond donors (Lipinski definition) is 2. The molecule has 0 spiro atoms. The third-order valence-corrected chi connectivity index (χ3v) is 10.5. The Balaban J connectivity index is 1.11. The molecule has 8 nitrogen and oxygen atoms in total. The van der Waals surface area contributed by atoms with Crippen LogP contribution in [0, 0.1) is 5.92 Å². The van der Waals surface area contributed by atoms with Gasteiger partial charge in [0.15, 0.2) is 6.29 Å². The highest BCUT2D eigenvalue weighted by atomic mass is 32.2. The highest BCUT2D eigenvalue weighted by Gasteiger charge is 2.39. The van der Waals surface area contributed by atoms with E-state index < -0.39 is 6.29 Å². The van der Waals surface area contributed by atoms with E-state index in [1.54, 1.807) is 36.0 Å². The molecule has 5 aromatic carbocycles. The van der Waals surface area contributed by atoms with Crippen LogP contribution in [0.4, 0.5) is 5.69 Å². The summed E-state index contributed by atoms with van der Waals surface area (Å²) in [5.74, 6) is 0.0478. The molecule has 0 unspecified atom stereocenters. The summed E-state index contributed by atoms with van der Waals surface area (Å²) in [5, 5.41) is 12.4. The van der Waals surface area contributed by atoms with E-state index in [-0.39, 0.29) is 49.0 Å². The highest BCUT2D eigenvalue weighted by Crippen LogP contribution is 2.43. The molecule has 0 radical (unpaired) electrons. The van der Waals surface area contributed by atoms with E-state index in [4.69, 9.17) is 9.47 Å². The number of carbonyl (C=O) groups excluding carboxylic acids is 3. The van der Waals surface area contributed by atoms with Gasteiger partial charge in [0.25, 0.3) is 11.8 Å². The van der Waals surface area contributed by atoms with Crippen LogP contribution in [0.25, 0.3) is 11.1 Å². The maximum absolute atomic E-state index is 13.1. The molecular weight excluding hydrogens is 661 g/mol. The average molecular weight is 699 g/mol. The second-order valence-electron chi connectivity index (χ2n) is 12.9. The Labute approximate surface area is 301 Å². The van der Waals surface area contributed by atoms with Crippen LogP contribution in [-0.4, -0.2) is 39.6 Å². The van der Waals surface area contributed by atoms with E-state index in [1.807, 2.05) is 97.1 Å². The van der Waals surface area contributed by atoms with Crippen LogP contribution in [0.2, 0.25) is 0 Å². The lowest BCUT2D eigenvalue weighted by Crippen LogP contribution is -2.38. The predicted octanol–water partition coefficient (Wildman–Crippen LogP) is 8.18. The fourth-order valence-electron chi connectivity index (χ4n) is 6.64. The fraction of sp³-hybridized carbons (Fsp3) is 0.214. The van der Waals surface area contributed by atoms with Crippen LogP contribution >= 0.6 is 11.8 Å². The molecule has 258 valence electrons. The summed E-state index contributed by atoms with van der Waals surface area (Å²) in [6.07, 6.45) is -1.02. The third-order valence-electron chi connectivity index (χ3n) is 9.43. The van der Waals surface area contributed by atoms with Gasteiger partial charge in [-0.1, -0.05) is 91.9 Å². The summed E-state index contributed by atoms with van der Waals surface area (Å²) in [6, 6.07) is 38.4. The fourth-order valence-corrected chi connectivity index (χ4v) is 7.71. The van der Waals surface area contributed by atoms with Crippen molar-refractivity contribution in [3.8, 4) is 11.1 Å². The number of rotatable bonds is 10. The minimum atomic E-state index is -0.626. The number of carbonyl (C=O) groups is 3. The number of aliphatic hydroxyl groups excluding tert-OH is 1. The van der Waals surface area contributed by atoms with Crippen molar-refractivity contribution in [2.24, 2.45) is 5.92 Å². The molecule has 7 rings (SSSR count). The predicted molar refractivity (Wildman–Crippen MR) is 197 cm³/mol. The Morgan fingerprint density at radius 3 is 2.00 bits per heavy atom. The summed E-state index contributed by atoms with van der Waals surface area (Å²) in [6.45, 7) is 3.77. The van der Waals surface area contributed by atoms with Crippen molar-refractivity contribution in [1.82, 2.24) is 4.90 Å². The SMILES string of the molecule is CC(=O)Nc1ccc(SC[C@H]2O[C@@H](c3ccc(-c4ccccc4CN4C(=O)c5ccccc5C4=O)cc3)O[C@@H](c3ccc(CO)cc3)[C@H]2C)cc1. The van der Waals surface area contributed by atoms with Crippen LogP contribution in [0.3, 0.4) is 0 Å². The Morgan fingerprint density at radius 1 is 0.765 bits per heavy atom. The molecule has 0 bridgehead atoms. The molecule has 4 atom stereocenters. The number of amides is 3. The first-order valence-corrected chi connectivity index (χ1v) is 17.9. The lowest BCUT2D eigenvalue weighted by atomic mass is 9.91. The topological polar surface area (TPSA) is 105 Å². The zero-order valence-electron chi connectivity index (χ0n) is 28.3. The summed E-state index contributed by atoms with van der Waals surface area (Å²) < 4.78 is 13.3. The molecule has 1 saturated heterocycles. The van der Waals surface area contributed by atoms with Gasteiger partial charge in [0.2, 0.25) is 5.91 Å². The number of thioether (sulfide) groups is 1. The van der Waals surface area contributed by atoms with Crippen LogP contribution in [0.1, 0.15) is 69.2 Å². The summed E-state index contributed by atoms with van der Waals surface area (Å²) in [4.78, 5) is 40.1. The molecule has 2 aliphatic heterocycles. The largest absolute Gasteiger partial charge is 0.392 e. The molecule has 0 aliphatic carbocycles. The monoisotopic (exact) mass is 698 g/mol. The minimum absolute atomic E-state index is 0.0269. The zero-order valence-corrected chi connectivity index (χ0v) is 29.1. The van der Waals surface area contributed by atoms with Gasteiger partial charge in [-0.25, -0.2) is 0 Å². The first kappa shape index (κ1) is 34.4. The van der Waals surface area contributed by atoms with E-state index in [9.17, 15) is 19.5 Å². The van der Waals surface area contributed by atoms with Gasteiger partial charge in [0.1, 0.15) is 0 Å². The van der Waals surface area contributed by atoms with Crippen LogP contribution in [0.15, 0.2) is 126 Å². The van der Waals surface area contributed by atoms with E-state index in [2.05, 4.69) is 12.2 Å². The van der Waals surface area contributed by atoms with Gasteiger partial charge in [-0.15, -0.1) is 11.8 Å². The first-order valence-electron chi connectivity index (χ1n) is 16.9. The molecule has 1 fully saturated rings. The first-order chi connectivity index (χ1) is 24.8. The molecule has 2 aliphatic rings. The molecule has 2 heterocycles. The standard InChI is InChI=1S/C42H38N2O6S/c1-26-38(25-51-34-21-19-33(20-22-34)43-27(2)46)49-42(50-39(26)30-13-11-28(24-45)12-14-30)31-17-15-29(16-18-31)35-8-4-3-7-32(35)23-44-40(47)36-9-5-6-10-37(36)41(44)48/h3-22,26,38-39,42,45H,23-25H2,1-2H3,(H,43,46)/t26-,38+,39+,42+/m0/s1. The van der Waals surface area contributed by atoms with Crippen LogP contribution in [0.5, 0.6) is 0 Å². The molecule has 5 aromatic rings. The second-order valence-corrected chi connectivity index (χ2v) is 14.0. The van der Waals surface area contributed by atoms with Gasteiger partial charge >= 0.3 is 0 Å². The number of anilines is 1. The van der Waals surface area contributed by atoms with Crippen molar-refractivity contribution in [1.29, 1.82) is 0 Å². The number of benzene rings is 5. The molecular formula is C42H38N2O6S. The lowest BCUT2D eigenvalue weighted by molar-refractivity contribution is -0.268. The van der Waals surface area contributed by atoms with Crippen LogP contribution in [-0.2, 0) is 27.4 Å². The third kappa shape index (κ3) is 7.38. The number of hydrogen-bond acceptors (Lipinski definition) is 7. The van der Waals surface area contributed by atoms with Crippen molar-refractivity contribution >= 4 is 35.2 Å². The van der Waals surface area contributed by atoms with Crippen molar-refractivity contribution in [3.05, 3.63) is 155 Å². The van der Waals surface area contributed by atoms with Gasteiger partial charge < -0.3 is 19.9 Å². The Kier molecular flexibility index (Phi) is 10.1. The molecule has 51 heavy (non-hydrogen) atoms. The van der Waals surface area contributed by atoms with Crippen molar-refractivity contribution < 1.29 is 29.0 Å². The van der Waals surface area contributed by atoms with Crippen molar-refractivity contribution in [3.63, 3.8) is 0 Å². The highest BCUT2D eigenvalue weighted by molar-refractivity contribution is 7.99. The van der Waals surface area contributed by atoms with E-state index in [0.717, 1.165) is 44.0 Å². The van der Waals surface area contributed by atoms with Gasteiger partial charge in [0, 0.05) is 34.7 Å². The number of nitrogens with one attached hydrogen (secondary N) is 1. The van der Waals surface area contributed by atoms with Crippen molar-refractivity contribution in [2.75, 3.05) is 11.1 Å². The second kappa shape index (κ2) is 15.0. The summed E-state index contributed by atoms with van der Waals surface area (Å²) >= 11 is 1.69. The zero-order chi connectivity index (χ0) is 35.5. The number of fused-ring (bicyclic) bond motifs is 1. The minimum Gasteiger partial charge on any atom is -0.392 e. The number of nitrogens with zero attached hydrogens (tertiary/aromatic N) is 1. The van der Waals surface area contributed by atoms with Gasteiger partial charge in [-0.2, -0.15) is 0 Å². The van der Waals surface area contributed by atoms with Gasteiger partial charge in [0.05, 0.1) is 36.5 Å². The number of aliphatic hydroxyl groups is 1. The summed E-state index contributed by atoms with van der Waals surface area (Å²) in [5.41, 5.74) is 7.09. The van der Waals surface area contributed by atoms with Crippen LogP contribution < -0.4 is 5.32 Å². The Bertz CT molecular complexity index is 2010. The quantitative estimate of drug-likeness (QED) is 0.112. The van der Waals surface area contributed by atoms with Gasteiger partial charge in [-0.05, 0) is 64.2 Å². The Hall–Kier alpha value is -5.06. The normalized spacial score (nSPS) is 19.9. The smallest absolute Gasteiger partial charge is 0.261 e. The Morgan fingerprint density at radius 2 is 1.37 bits per heavy atom. The maximum atomic E-state index is 13.1. The number of ether oxygens (including phenoxy) is 2. The molecule has 0 aromatic heterocycles. The maximum Gasteiger partial charge on any atom is 0.261 e. The molecule has 0 saturated carbocycles. The molecule has 3 amide bonds.